The monoisotopic (exact) mass is 183 g/mol. The molecule has 0 aliphatic heterocycles. The van der Waals surface area contributed by atoms with Crippen LogP contribution in [-0.2, 0) is 9.53 Å². The van der Waals surface area contributed by atoms with Gasteiger partial charge < -0.3 is 4.74 Å². The number of rotatable bonds is 2. The molecule has 0 fully saturated rings. The minimum atomic E-state index is -0.566. The van der Waals surface area contributed by atoms with Crippen LogP contribution in [0.25, 0.3) is 0 Å². The Bertz CT molecular complexity index is 230. The van der Waals surface area contributed by atoms with Gasteiger partial charge in [-0.25, -0.2) is 0 Å². The van der Waals surface area contributed by atoms with Gasteiger partial charge in [-0.05, 0) is 19.3 Å². The second-order valence-electron chi connectivity index (χ2n) is 4.61. The highest BCUT2D eigenvalue weighted by Gasteiger charge is 2.41. The van der Waals surface area contributed by atoms with E-state index in [0.29, 0.717) is 0 Å². The predicted octanol–water partition coefficient (Wildman–Crippen LogP) is 2.13. The van der Waals surface area contributed by atoms with E-state index in [2.05, 4.69) is 0 Å². The Labute approximate surface area is 79.7 Å². The molecule has 0 aromatic heterocycles. The average molecular weight is 183 g/mol. The van der Waals surface area contributed by atoms with E-state index >= 15 is 0 Å². The molecule has 0 rings (SSSR count). The van der Waals surface area contributed by atoms with Crippen molar-refractivity contribution >= 4 is 5.97 Å². The van der Waals surface area contributed by atoms with Gasteiger partial charge in [0.25, 0.3) is 0 Å². The highest BCUT2D eigenvalue weighted by molar-refractivity contribution is 5.76. The fourth-order valence-corrected chi connectivity index (χ4v) is 0.584. The summed E-state index contributed by atoms with van der Waals surface area (Å²) < 4.78 is 4.78. The minimum absolute atomic E-state index is 0.167. The van der Waals surface area contributed by atoms with E-state index < -0.39 is 5.41 Å². The Morgan fingerprint density at radius 3 is 2.08 bits per heavy atom. The SMILES string of the molecule is CC(C)(C)C(C)(C)C(=O)OCC#N. The fourth-order valence-electron chi connectivity index (χ4n) is 0.584. The van der Waals surface area contributed by atoms with Crippen molar-refractivity contribution in [2.24, 2.45) is 10.8 Å². The quantitative estimate of drug-likeness (QED) is 0.616. The molecule has 3 nitrogen and oxygen atoms in total. The molecule has 0 atom stereocenters. The molecule has 0 heterocycles. The summed E-state index contributed by atoms with van der Waals surface area (Å²) in [6.07, 6.45) is 0. The molecule has 0 aromatic carbocycles. The van der Waals surface area contributed by atoms with Gasteiger partial charge >= 0.3 is 5.97 Å². The fraction of sp³-hybridized carbons (Fsp3) is 0.800. The molecule has 0 bridgehead atoms. The zero-order valence-electron chi connectivity index (χ0n) is 8.97. The number of nitrogens with zero attached hydrogens (tertiary/aromatic N) is 1. The van der Waals surface area contributed by atoms with E-state index in [1.807, 2.05) is 34.6 Å². The van der Waals surface area contributed by atoms with E-state index in [9.17, 15) is 4.79 Å². The smallest absolute Gasteiger partial charge is 0.313 e. The molecule has 0 N–H and O–H groups in total. The number of hydrogen-bond donors (Lipinski definition) is 0. The minimum Gasteiger partial charge on any atom is -0.450 e. The van der Waals surface area contributed by atoms with Crippen molar-refractivity contribution < 1.29 is 9.53 Å². The summed E-state index contributed by atoms with van der Waals surface area (Å²) in [6.45, 7) is 9.40. The predicted molar refractivity (Wildman–Crippen MR) is 49.8 cm³/mol. The second kappa shape index (κ2) is 3.78. The van der Waals surface area contributed by atoms with Crippen LogP contribution in [0.15, 0.2) is 0 Å². The normalized spacial score (nSPS) is 12.0. The van der Waals surface area contributed by atoms with Gasteiger partial charge in [-0.2, -0.15) is 5.26 Å². The van der Waals surface area contributed by atoms with E-state index in [4.69, 9.17) is 10.00 Å². The number of nitriles is 1. The maximum absolute atomic E-state index is 11.5. The van der Waals surface area contributed by atoms with Gasteiger partial charge in [-0.1, -0.05) is 20.8 Å². The lowest BCUT2D eigenvalue weighted by Crippen LogP contribution is -2.38. The average Bonchev–Trinajstić information content (AvgIpc) is 1.97. The zero-order chi connectivity index (χ0) is 10.7. The Morgan fingerprint density at radius 2 is 1.77 bits per heavy atom. The highest BCUT2D eigenvalue weighted by atomic mass is 16.5. The van der Waals surface area contributed by atoms with E-state index in [-0.39, 0.29) is 18.0 Å². The summed E-state index contributed by atoms with van der Waals surface area (Å²) in [4.78, 5) is 11.5. The maximum Gasteiger partial charge on any atom is 0.313 e. The Morgan fingerprint density at radius 1 is 1.31 bits per heavy atom. The Hall–Kier alpha value is -1.04. The molecule has 3 heteroatoms. The van der Waals surface area contributed by atoms with Gasteiger partial charge in [0.2, 0.25) is 0 Å². The third-order valence-electron chi connectivity index (χ3n) is 2.65. The third-order valence-corrected chi connectivity index (χ3v) is 2.65. The maximum atomic E-state index is 11.5. The van der Waals surface area contributed by atoms with E-state index in [1.54, 1.807) is 6.07 Å². The molecular formula is C10H17NO2. The van der Waals surface area contributed by atoms with Crippen molar-refractivity contribution in [3.05, 3.63) is 0 Å². The molecular weight excluding hydrogens is 166 g/mol. The van der Waals surface area contributed by atoms with Crippen LogP contribution in [0, 0.1) is 22.2 Å². The summed E-state index contributed by atoms with van der Waals surface area (Å²) in [7, 11) is 0. The van der Waals surface area contributed by atoms with Crippen LogP contribution in [0.2, 0.25) is 0 Å². The van der Waals surface area contributed by atoms with Crippen LogP contribution < -0.4 is 0 Å². The third kappa shape index (κ3) is 2.73. The van der Waals surface area contributed by atoms with Gasteiger partial charge in [-0.15, -0.1) is 0 Å². The summed E-state index contributed by atoms with van der Waals surface area (Å²) in [5, 5.41) is 8.26. The molecule has 0 aliphatic rings. The van der Waals surface area contributed by atoms with Gasteiger partial charge in [0.05, 0.1) is 5.41 Å². The Kier molecular flexibility index (Phi) is 3.48. The van der Waals surface area contributed by atoms with Crippen molar-refractivity contribution in [1.29, 1.82) is 5.26 Å². The molecule has 0 aliphatic carbocycles. The molecule has 0 amide bonds. The van der Waals surface area contributed by atoms with Crippen molar-refractivity contribution in [1.82, 2.24) is 0 Å². The number of carbonyl (C=O) groups excluding carboxylic acids is 1. The summed E-state index contributed by atoms with van der Waals surface area (Å²) in [5.41, 5.74) is -0.733. The molecule has 0 radical (unpaired) electrons. The first-order valence-corrected chi connectivity index (χ1v) is 4.27. The van der Waals surface area contributed by atoms with Gasteiger partial charge in [0, 0.05) is 0 Å². The van der Waals surface area contributed by atoms with Crippen LogP contribution in [0.4, 0.5) is 0 Å². The van der Waals surface area contributed by atoms with Crippen LogP contribution in [0.5, 0.6) is 0 Å². The first-order valence-electron chi connectivity index (χ1n) is 4.27. The number of esters is 1. The first kappa shape index (κ1) is 12.0. The summed E-state index contributed by atoms with van der Waals surface area (Å²) in [5.74, 6) is -0.318. The molecule has 0 saturated carbocycles. The van der Waals surface area contributed by atoms with Crippen molar-refractivity contribution in [3.8, 4) is 6.07 Å². The van der Waals surface area contributed by atoms with E-state index in [1.165, 1.54) is 0 Å². The number of ether oxygens (including phenoxy) is 1. The van der Waals surface area contributed by atoms with E-state index in [0.717, 1.165) is 0 Å². The van der Waals surface area contributed by atoms with Gasteiger partial charge in [-0.3, -0.25) is 4.79 Å². The Balaban J connectivity index is 4.48. The molecule has 0 unspecified atom stereocenters. The highest BCUT2D eigenvalue weighted by Crippen LogP contribution is 2.38. The van der Waals surface area contributed by atoms with Gasteiger partial charge in [0.15, 0.2) is 6.61 Å². The van der Waals surface area contributed by atoms with Crippen molar-refractivity contribution in [2.45, 2.75) is 34.6 Å². The zero-order valence-corrected chi connectivity index (χ0v) is 8.97. The first-order chi connectivity index (χ1) is 5.73. The largest absolute Gasteiger partial charge is 0.450 e. The van der Waals surface area contributed by atoms with Crippen LogP contribution >= 0.6 is 0 Å². The molecule has 0 saturated heterocycles. The van der Waals surface area contributed by atoms with Gasteiger partial charge in [0.1, 0.15) is 6.07 Å². The summed E-state index contributed by atoms with van der Waals surface area (Å²) >= 11 is 0. The van der Waals surface area contributed by atoms with Crippen molar-refractivity contribution in [3.63, 3.8) is 0 Å². The number of hydrogen-bond acceptors (Lipinski definition) is 3. The molecule has 0 spiro atoms. The van der Waals surface area contributed by atoms with Crippen molar-refractivity contribution in [2.75, 3.05) is 6.61 Å². The second-order valence-corrected chi connectivity index (χ2v) is 4.61. The molecule has 13 heavy (non-hydrogen) atoms. The lowest BCUT2D eigenvalue weighted by atomic mass is 9.69. The number of carbonyl (C=O) groups is 1. The van der Waals surface area contributed by atoms with Crippen LogP contribution in [0.3, 0.4) is 0 Å². The molecule has 0 aromatic rings. The van der Waals surface area contributed by atoms with Crippen LogP contribution in [-0.4, -0.2) is 12.6 Å². The summed E-state index contributed by atoms with van der Waals surface area (Å²) in [6, 6.07) is 1.78. The topological polar surface area (TPSA) is 50.1 Å². The molecule has 74 valence electrons. The standard InChI is InChI=1S/C10H17NO2/c1-9(2,3)10(4,5)8(12)13-7-6-11/h7H2,1-5H3. The lowest BCUT2D eigenvalue weighted by molar-refractivity contribution is -0.158. The van der Waals surface area contributed by atoms with Crippen LogP contribution in [0.1, 0.15) is 34.6 Å². The lowest BCUT2D eigenvalue weighted by Gasteiger charge is -2.35.